The van der Waals surface area contributed by atoms with E-state index in [2.05, 4.69) is 5.32 Å². The second kappa shape index (κ2) is 2.61. The molecule has 0 aliphatic carbocycles. The molecule has 0 unspecified atom stereocenters. The molecule has 66 valence electrons. The summed E-state index contributed by atoms with van der Waals surface area (Å²) in [7, 11) is -2.65. The van der Waals surface area contributed by atoms with Crippen LogP contribution in [0, 0.1) is 5.41 Å². The molecule has 1 N–H and O–H groups in total. The van der Waals surface area contributed by atoms with E-state index < -0.39 is 9.84 Å². The van der Waals surface area contributed by atoms with Crippen molar-refractivity contribution in [2.75, 3.05) is 24.6 Å². The highest BCUT2D eigenvalue weighted by Crippen LogP contribution is 2.35. The summed E-state index contributed by atoms with van der Waals surface area (Å²) >= 11 is 0. The third kappa shape index (κ3) is 1.53. The molecule has 0 amide bonds. The van der Waals surface area contributed by atoms with Crippen LogP contribution in [0.5, 0.6) is 0 Å². The molecule has 2 fully saturated rings. The van der Waals surface area contributed by atoms with Crippen LogP contribution in [0.2, 0.25) is 0 Å². The topological polar surface area (TPSA) is 46.2 Å². The van der Waals surface area contributed by atoms with Crippen molar-refractivity contribution in [1.29, 1.82) is 0 Å². The Morgan fingerprint density at radius 1 is 1.27 bits per heavy atom. The number of sulfone groups is 1. The Hall–Kier alpha value is 0.200. The first-order valence-electron chi connectivity index (χ1n) is 3.53. The molecule has 0 bridgehead atoms. The van der Waals surface area contributed by atoms with Gasteiger partial charge in [0.1, 0.15) is 0 Å². The van der Waals surface area contributed by atoms with E-state index in [1.807, 2.05) is 0 Å². The molecule has 2 heterocycles. The second-order valence-corrected chi connectivity index (χ2v) is 5.63. The van der Waals surface area contributed by atoms with Crippen molar-refractivity contribution in [1.82, 2.24) is 5.32 Å². The van der Waals surface area contributed by atoms with E-state index in [0.717, 1.165) is 19.5 Å². The number of hydrogen-bond acceptors (Lipinski definition) is 3. The first kappa shape index (κ1) is 9.29. The van der Waals surface area contributed by atoms with Gasteiger partial charge in [0, 0.05) is 18.5 Å². The molecule has 3 nitrogen and oxygen atoms in total. The monoisotopic (exact) mass is 197 g/mol. The Bertz CT molecular complexity index is 245. The normalized spacial score (nSPS) is 30.9. The fraction of sp³-hybridized carbons (Fsp3) is 1.00. The van der Waals surface area contributed by atoms with Gasteiger partial charge >= 0.3 is 0 Å². The van der Waals surface area contributed by atoms with Gasteiger partial charge in [0.15, 0.2) is 9.84 Å². The summed E-state index contributed by atoms with van der Waals surface area (Å²) in [6.45, 7) is 1.82. The van der Waals surface area contributed by atoms with Crippen LogP contribution in [0.25, 0.3) is 0 Å². The molecule has 0 aromatic rings. The van der Waals surface area contributed by atoms with Crippen LogP contribution in [-0.4, -0.2) is 33.0 Å². The average Bonchev–Trinajstić information content (AvgIpc) is 2.04. The lowest BCUT2D eigenvalue weighted by atomic mass is 9.82. The maximum absolute atomic E-state index is 11.0. The molecule has 2 aliphatic rings. The Labute approximate surface area is 72.9 Å². The fourth-order valence-electron chi connectivity index (χ4n) is 1.74. The zero-order valence-electron chi connectivity index (χ0n) is 6.17. The average molecular weight is 198 g/mol. The number of nitrogens with one attached hydrogen (secondary N) is 1. The van der Waals surface area contributed by atoms with Gasteiger partial charge in [-0.05, 0) is 6.42 Å². The van der Waals surface area contributed by atoms with Crippen LogP contribution in [-0.2, 0) is 9.84 Å². The van der Waals surface area contributed by atoms with Crippen molar-refractivity contribution in [3.8, 4) is 0 Å². The van der Waals surface area contributed by atoms with E-state index in [1.54, 1.807) is 0 Å². The molecule has 2 rings (SSSR count). The molecule has 1 spiro atoms. The molecule has 11 heavy (non-hydrogen) atoms. The highest BCUT2D eigenvalue weighted by Gasteiger charge is 2.46. The molecule has 0 saturated carbocycles. The van der Waals surface area contributed by atoms with Crippen LogP contribution < -0.4 is 5.32 Å². The van der Waals surface area contributed by atoms with Gasteiger partial charge in [-0.15, -0.1) is 12.4 Å². The van der Waals surface area contributed by atoms with E-state index in [9.17, 15) is 8.42 Å². The lowest BCUT2D eigenvalue weighted by Crippen LogP contribution is -2.54. The van der Waals surface area contributed by atoms with E-state index in [-0.39, 0.29) is 17.8 Å². The Morgan fingerprint density at radius 3 is 2.09 bits per heavy atom. The fourth-order valence-corrected chi connectivity index (χ4v) is 3.91. The third-order valence-electron chi connectivity index (χ3n) is 2.47. The SMILES string of the molecule is Cl.O=S1(=O)CCC2(CNC2)C1. The molecule has 0 aromatic heterocycles. The first-order valence-corrected chi connectivity index (χ1v) is 5.35. The van der Waals surface area contributed by atoms with Gasteiger partial charge in [-0.3, -0.25) is 0 Å². The summed E-state index contributed by atoms with van der Waals surface area (Å²) in [5.41, 5.74) is 0.152. The molecular weight excluding hydrogens is 186 g/mol. The molecule has 2 aliphatic heterocycles. The van der Waals surface area contributed by atoms with Crippen molar-refractivity contribution < 1.29 is 8.42 Å². The van der Waals surface area contributed by atoms with Crippen molar-refractivity contribution in [2.24, 2.45) is 5.41 Å². The Kier molecular flexibility index (Phi) is 2.20. The van der Waals surface area contributed by atoms with Gasteiger partial charge in [-0.1, -0.05) is 0 Å². The smallest absolute Gasteiger partial charge is 0.150 e. The molecule has 2 saturated heterocycles. The second-order valence-electron chi connectivity index (χ2n) is 3.45. The van der Waals surface area contributed by atoms with Crippen molar-refractivity contribution in [3.63, 3.8) is 0 Å². The molecule has 5 heteroatoms. The zero-order chi connectivity index (χ0) is 7.24. The number of rotatable bonds is 0. The van der Waals surface area contributed by atoms with Gasteiger partial charge in [0.2, 0.25) is 0 Å². The number of hydrogen-bond donors (Lipinski definition) is 1. The van der Waals surface area contributed by atoms with Crippen molar-refractivity contribution in [2.45, 2.75) is 6.42 Å². The summed E-state index contributed by atoms with van der Waals surface area (Å²) in [6.07, 6.45) is 0.877. The number of halogens is 1. The highest BCUT2D eigenvalue weighted by molar-refractivity contribution is 7.91. The Morgan fingerprint density at radius 2 is 1.91 bits per heavy atom. The molecule has 0 aromatic carbocycles. The quantitative estimate of drug-likeness (QED) is 0.586. The highest BCUT2D eigenvalue weighted by atomic mass is 35.5. The lowest BCUT2D eigenvalue weighted by molar-refractivity contribution is 0.205. The van der Waals surface area contributed by atoms with Gasteiger partial charge in [0.05, 0.1) is 11.5 Å². The summed E-state index contributed by atoms with van der Waals surface area (Å²) in [4.78, 5) is 0. The summed E-state index contributed by atoms with van der Waals surface area (Å²) in [5.74, 6) is 0.835. The lowest BCUT2D eigenvalue weighted by Gasteiger charge is -2.37. The maximum Gasteiger partial charge on any atom is 0.150 e. The molecule has 0 atom stereocenters. The van der Waals surface area contributed by atoms with Crippen LogP contribution in [0.15, 0.2) is 0 Å². The minimum atomic E-state index is -2.65. The molecular formula is C6H12ClNO2S. The first-order chi connectivity index (χ1) is 4.62. The van der Waals surface area contributed by atoms with Gasteiger partial charge in [0.25, 0.3) is 0 Å². The van der Waals surface area contributed by atoms with E-state index in [0.29, 0.717) is 11.5 Å². The predicted molar refractivity (Wildman–Crippen MR) is 45.8 cm³/mol. The van der Waals surface area contributed by atoms with Crippen LogP contribution in [0.1, 0.15) is 6.42 Å². The van der Waals surface area contributed by atoms with Crippen LogP contribution >= 0.6 is 12.4 Å². The van der Waals surface area contributed by atoms with Crippen molar-refractivity contribution in [3.05, 3.63) is 0 Å². The molecule has 0 radical (unpaired) electrons. The third-order valence-corrected chi connectivity index (χ3v) is 4.35. The van der Waals surface area contributed by atoms with Crippen molar-refractivity contribution >= 4 is 22.2 Å². The Balaban J connectivity index is 0.000000605. The largest absolute Gasteiger partial charge is 0.315 e. The minimum absolute atomic E-state index is 0. The van der Waals surface area contributed by atoms with Gasteiger partial charge in [-0.25, -0.2) is 8.42 Å². The van der Waals surface area contributed by atoms with Gasteiger partial charge < -0.3 is 5.32 Å². The van der Waals surface area contributed by atoms with E-state index in [4.69, 9.17) is 0 Å². The van der Waals surface area contributed by atoms with Gasteiger partial charge in [-0.2, -0.15) is 0 Å². The van der Waals surface area contributed by atoms with Crippen LogP contribution in [0.4, 0.5) is 0 Å². The summed E-state index contributed by atoms with van der Waals surface area (Å²) in [6, 6.07) is 0. The summed E-state index contributed by atoms with van der Waals surface area (Å²) < 4.78 is 22.0. The minimum Gasteiger partial charge on any atom is -0.315 e. The van der Waals surface area contributed by atoms with E-state index >= 15 is 0 Å². The summed E-state index contributed by atoms with van der Waals surface area (Å²) in [5, 5.41) is 3.12. The predicted octanol–water partition coefficient (Wildman–Crippen LogP) is -0.184. The van der Waals surface area contributed by atoms with Crippen LogP contribution in [0.3, 0.4) is 0 Å². The van der Waals surface area contributed by atoms with E-state index in [1.165, 1.54) is 0 Å². The standard InChI is InChI=1S/C6H11NO2S.ClH/c8-10(9)2-1-6(5-10)3-7-4-6;/h7H,1-5H2;1H. The maximum atomic E-state index is 11.0. The zero-order valence-corrected chi connectivity index (χ0v) is 7.80.